The monoisotopic (exact) mass is 403 g/mol. The Morgan fingerprint density at radius 1 is 1.03 bits per heavy atom. The van der Waals surface area contributed by atoms with Gasteiger partial charge in [0.15, 0.2) is 5.83 Å². The minimum absolute atomic E-state index is 0.0369. The van der Waals surface area contributed by atoms with Gasteiger partial charge in [0.1, 0.15) is 12.2 Å². The van der Waals surface area contributed by atoms with E-state index in [1.54, 1.807) is 6.08 Å². The van der Waals surface area contributed by atoms with Crippen molar-refractivity contribution in [2.24, 2.45) is 17.8 Å². The Kier molecular flexibility index (Phi) is 11.1. The minimum Gasteiger partial charge on any atom is -0.462 e. The van der Waals surface area contributed by atoms with Crippen molar-refractivity contribution in [3.05, 3.63) is 24.1 Å². The molecule has 3 nitrogen and oxygen atoms in total. The summed E-state index contributed by atoms with van der Waals surface area (Å²) in [6, 6.07) is 1.46. The van der Waals surface area contributed by atoms with E-state index in [4.69, 9.17) is 10.00 Å². The summed E-state index contributed by atoms with van der Waals surface area (Å²) in [4.78, 5) is 12.6. The van der Waals surface area contributed by atoms with Crippen LogP contribution in [-0.2, 0) is 9.53 Å². The molecule has 29 heavy (non-hydrogen) atoms. The highest BCUT2D eigenvalue weighted by atomic mass is 19.1. The van der Waals surface area contributed by atoms with Gasteiger partial charge in [-0.3, -0.25) is 4.79 Å². The number of carbonyl (C=O) groups excluding carboxylic acids is 1. The van der Waals surface area contributed by atoms with Gasteiger partial charge in [-0.05, 0) is 82.1 Å². The molecule has 0 radical (unpaired) electrons. The van der Waals surface area contributed by atoms with Crippen molar-refractivity contribution in [3.8, 4) is 6.07 Å². The number of ether oxygens (including phenoxy) is 1. The Morgan fingerprint density at radius 3 is 2.34 bits per heavy atom. The lowest BCUT2D eigenvalue weighted by atomic mass is 9.80. The van der Waals surface area contributed by atoms with E-state index in [0.717, 1.165) is 57.3 Å². The lowest BCUT2D eigenvalue weighted by Crippen LogP contribution is -2.30. The number of esters is 1. The Hall–Kier alpha value is -1.63. The summed E-state index contributed by atoms with van der Waals surface area (Å²) in [6.45, 7) is 2.25. The van der Waals surface area contributed by atoms with Crippen molar-refractivity contribution in [1.29, 1.82) is 5.26 Å². The molecule has 2 aliphatic carbocycles. The predicted molar refractivity (Wildman–Crippen MR) is 115 cm³/mol. The second-order valence-electron chi connectivity index (χ2n) is 8.92. The molecule has 2 saturated carbocycles. The molecule has 0 aromatic carbocycles. The summed E-state index contributed by atoms with van der Waals surface area (Å²) < 4.78 is 18.6. The smallest absolute Gasteiger partial charge is 0.309 e. The second-order valence-corrected chi connectivity index (χ2v) is 8.92. The highest BCUT2D eigenvalue weighted by molar-refractivity contribution is 5.72. The highest BCUT2D eigenvalue weighted by Crippen LogP contribution is 2.34. The van der Waals surface area contributed by atoms with Crippen molar-refractivity contribution in [1.82, 2.24) is 0 Å². The van der Waals surface area contributed by atoms with Gasteiger partial charge in [0.05, 0.1) is 5.92 Å². The van der Waals surface area contributed by atoms with Gasteiger partial charge >= 0.3 is 5.97 Å². The zero-order chi connectivity index (χ0) is 20.9. The van der Waals surface area contributed by atoms with Crippen LogP contribution in [0.3, 0.4) is 0 Å². The molecule has 162 valence electrons. The Morgan fingerprint density at radius 2 is 1.69 bits per heavy atom. The van der Waals surface area contributed by atoms with Crippen molar-refractivity contribution in [2.45, 2.75) is 103 Å². The molecule has 0 heterocycles. The molecular weight excluding hydrogens is 365 g/mol. The number of hydrogen-bond donors (Lipinski definition) is 0. The van der Waals surface area contributed by atoms with Crippen LogP contribution in [0.5, 0.6) is 0 Å². The first-order valence-corrected chi connectivity index (χ1v) is 11.7. The average molecular weight is 404 g/mol. The number of carbonyl (C=O) groups is 1. The molecule has 0 atom stereocenters. The van der Waals surface area contributed by atoms with Gasteiger partial charge in [0.25, 0.3) is 0 Å². The van der Waals surface area contributed by atoms with Crippen molar-refractivity contribution < 1.29 is 13.9 Å². The van der Waals surface area contributed by atoms with E-state index in [0.29, 0.717) is 5.92 Å². The fourth-order valence-corrected chi connectivity index (χ4v) is 4.79. The molecule has 0 aromatic heterocycles. The molecule has 2 fully saturated rings. The summed E-state index contributed by atoms with van der Waals surface area (Å²) in [5.74, 6) is 0.830. The van der Waals surface area contributed by atoms with Crippen LogP contribution in [0.25, 0.3) is 0 Å². The maximum atomic E-state index is 12.7. The lowest BCUT2D eigenvalue weighted by molar-refractivity contribution is -0.157. The zero-order valence-electron chi connectivity index (χ0n) is 18.1. The van der Waals surface area contributed by atoms with Gasteiger partial charge in [-0.2, -0.15) is 9.65 Å². The fraction of sp³-hybridized carbons (Fsp3) is 0.760. The summed E-state index contributed by atoms with van der Waals surface area (Å²) in [7, 11) is 0. The van der Waals surface area contributed by atoms with Crippen molar-refractivity contribution >= 4 is 5.97 Å². The van der Waals surface area contributed by atoms with E-state index in [9.17, 15) is 9.18 Å². The lowest BCUT2D eigenvalue weighted by Gasteiger charge is -2.31. The quantitative estimate of drug-likeness (QED) is 0.168. The van der Waals surface area contributed by atoms with Crippen molar-refractivity contribution in [2.75, 3.05) is 0 Å². The molecular formula is C25H38FNO2. The van der Waals surface area contributed by atoms with E-state index < -0.39 is 5.83 Å². The van der Waals surface area contributed by atoms with Gasteiger partial charge in [-0.15, -0.1) is 0 Å². The summed E-state index contributed by atoms with van der Waals surface area (Å²) in [6.07, 6.45) is 20.7. The van der Waals surface area contributed by atoms with Crippen LogP contribution in [0.4, 0.5) is 4.39 Å². The number of nitriles is 1. The molecule has 0 unspecified atom stereocenters. The van der Waals surface area contributed by atoms with Crippen LogP contribution in [0, 0.1) is 29.1 Å². The normalized spacial score (nSPS) is 28.2. The maximum absolute atomic E-state index is 12.7. The number of rotatable bonds is 10. The fourth-order valence-electron chi connectivity index (χ4n) is 4.79. The SMILES string of the molecule is CCCCCC1CCC(OC(=O)C2CCC(CCC=CC=C(F)C#N)CC2)CC1. The standard InChI is InChI=1S/C25H38FNO2/c1-2-3-5-8-21-13-17-24(18-14-21)29-25(28)22-15-11-20(12-16-22)9-6-4-7-10-23(26)19-27/h4,7,10,20-22,24H,2-3,5-6,8-9,11-18H2,1H3. The van der Waals surface area contributed by atoms with Gasteiger partial charge < -0.3 is 4.74 Å². The first-order valence-electron chi connectivity index (χ1n) is 11.7. The predicted octanol–water partition coefficient (Wildman–Crippen LogP) is 7.19. The molecule has 0 spiro atoms. The third kappa shape index (κ3) is 9.15. The molecule has 0 aliphatic heterocycles. The van der Waals surface area contributed by atoms with Crippen LogP contribution >= 0.6 is 0 Å². The molecule has 2 aliphatic rings. The van der Waals surface area contributed by atoms with E-state index in [-0.39, 0.29) is 18.0 Å². The molecule has 0 saturated heterocycles. The topological polar surface area (TPSA) is 50.1 Å². The second kappa shape index (κ2) is 13.6. The number of hydrogen-bond acceptors (Lipinski definition) is 3. The van der Waals surface area contributed by atoms with Gasteiger partial charge in [-0.1, -0.05) is 44.8 Å². The average Bonchev–Trinajstić information content (AvgIpc) is 2.75. The molecule has 0 amide bonds. The highest BCUT2D eigenvalue weighted by Gasteiger charge is 2.30. The van der Waals surface area contributed by atoms with Crippen LogP contribution < -0.4 is 0 Å². The first-order chi connectivity index (χ1) is 14.1. The largest absolute Gasteiger partial charge is 0.462 e. The Balaban J connectivity index is 1.58. The van der Waals surface area contributed by atoms with Gasteiger partial charge in [0.2, 0.25) is 0 Å². The minimum atomic E-state index is -0.759. The van der Waals surface area contributed by atoms with E-state index in [2.05, 4.69) is 6.92 Å². The van der Waals surface area contributed by atoms with Crippen LogP contribution in [0.1, 0.15) is 96.8 Å². The molecule has 0 N–H and O–H groups in total. The van der Waals surface area contributed by atoms with Crippen LogP contribution in [0.15, 0.2) is 24.1 Å². The molecule has 4 heteroatoms. The van der Waals surface area contributed by atoms with Crippen molar-refractivity contribution in [3.63, 3.8) is 0 Å². The van der Waals surface area contributed by atoms with Gasteiger partial charge in [-0.25, -0.2) is 0 Å². The Labute approximate surface area is 176 Å². The number of halogens is 1. The number of nitrogens with zero attached hydrogens (tertiary/aromatic N) is 1. The first kappa shape index (κ1) is 23.6. The van der Waals surface area contributed by atoms with Crippen LogP contribution in [-0.4, -0.2) is 12.1 Å². The summed E-state index contributed by atoms with van der Waals surface area (Å²) in [5, 5.41) is 8.35. The Bertz CT molecular complexity index is 576. The summed E-state index contributed by atoms with van der Waals surface area (Å²) >= 11 is 0. The zero-order valence-corrected chi connectivity index (χ0v) is 18.1. The number of unbranched alkanes of at least 4 members (excludes halogenated alkanes) is 2. The third-order valence-corrected chi connectivity index (χ3v) is 6.70. The third-order valence-electron chi connectivity index (χ3n) is 6.70. The van der Waals surface area contributed by atoms with E-state index in [1.165, 1.54) is 50.7 Å². The van der Waals surface area contributed by atoms with E-state index >= 15 is 0 Å². The molecule has 0 bridgehead atoms. The maximum Gasteiger partial charge on any atom is 0.309 e. The van der Waals surface area contributed by atoms with E-state index in [1.807, 2.05) is 6.08 Å². The molecule has 2 rings (SSSR count). The van der Waals surface area contributed by atoms with Gasteiger partial charge in [0, 0.05) is 0 Å². The van der Waals surface area contributed by atoms with Crippen LogP contribution in [0.2, 0.25) is 0 Å². The summed E-state index contributed by atoms with van der Waals surface area (Å²) in [5.41, 5.74) is 0. The number of allylic oxidation sites excluding steroid dienone is 4. The molecule has 0 aromatic rings.